The highest BCUT2D eigenvalue weighted by atomic mass is 79.9. The highest BCUT2D eigenvalue weighted by Crippen LogP contribution is 2.37. The molecule has 0 heterocycles. The van der Waals surface area contributed by atoms with Crippen LogP contribution in [-0.2, 0) is 13.2 Å². The van der Waals surface area contributed by atoms with E-state index in [0.717, 1.165) is 35.0 Å². The topological polar surface area (TPSA) is 30.5 Å². The first-order valence-electron chi connectivity index (χ1n) is 10.7. The van der Waals surface area contributed by atoms with Crippen LogP contribution in [0.5, 0.6) is 11.5 Å². The fourth-order valence-corrected chi connectivity index (χ4v) is 4.07. The molecule has 0 bridgehead atoms. The maximum absolute atomic E-state index is 13.1. The van der Waals surface area contributed by atoms with Crippen molar-refractivity contribution in [3.8, 4) is 11.5 Å². The van der Waals surface area contributed by atoms with E-state index in [2.05, 4.69) is 58.5 Å². The predicted octanol–water partition coefficient (Wildman–Crippen LogP) is 7.20. The van der Waals surface area contributed by atoms with E-state index in [1.807, 2.05) is 19.1 Å². The molecule has 0 saturated carbocycles. The summed E-state index contributed by atoms with van der Waals surface area (Å²) in [5, 5.41) is 3.68. The van der Waals surface area contributed by atoms with Gasteiger partial charge >= 0.3 is 0 Å². The average Bonchev–Trinajstić information content (AvgIpc) is 2.78. The van der Waals surface area contributed by atoms with Crippen molar-refractivity contribution in [2.45, 2.75) is 45.9 Å². The molecule has 0 fully saturated rings. The van der Waals surface area contributed by atoms with Gasteiger partial charge in [-0.25, -0.2) is 4.39 Å². The quantitative estimate of drug-likeness (QED) is 0.311. The fraction of sp³-hybridized carbons (Fsp3) is 0.308. The van der Waals surface area contributed by atoms with E-state index in [-0.39, 0.29) is 5.82 Å². The van der Waals surface area contributed by atoms with E-state index in [1.54, 1.807) is 12.1 Å². The lowest BCUT2D eigenvalue weighted by Crippen LogP contribution is -2.21. The van der Waals surface area contributed by atoms with Crippen molar-refractivity contribution in [1.29, 1.82) is 0 Å². The lowest BCUT2D eigenvalue weighted by Gasteiger charge is -2.20. The van der Waals surface area contributed by atoms with Crippen molar-refractivity contribution in [1.82, 2.24) is 5.32 Å². The van der Waals surface area contributed by atoms with Crippen molar-refractivity contribution in [2.75, 3.05) is 6.61 Å². The summed E-state index contributed by atoms with van der Waals surface area (Å²) in [7, 11) is 0. The number of ether oxygens (including phenoxy) is 2. The summed E-state index contributed by atoms with van der Waals surface area (Å²) >= 11 is 3.64. The van der Waals surface area contributed by atoms with E-state index in [4.69, 9.17) is 9.47 Å². The molecule has 0 aliphatic heterocycles. The lowest BCUT2D eigenvalue weighted by atomic mass is 10.0. The molecule has 3 aromatic carbocycles. The first kappa shape index (κ1) is 23.3. The highest BCUT2D eigenvalue weighted by molar-refractivity contribution is 9.10. The van der Waals surface area contributed by atoms with Crippen molar-refractivity contribution in [3.63, 3.8) is 0 Å². The van der Waals surface area contributed by atoms with Crippen molar-refractivity contribution in [3.05, 3.63) is 93.7 Å². The number of benzene rings is 3. The first-order chi connectivity index (χ1) is 15.1. The summed E-state index contributed by atoms with van der Waals surface area (Å²) in [6.07, 6.45) is 2.18. The Bertz CT molecular complexity index is 948. The highest BCUT2D eigenvalue weighted by Gasteiger charge is 2.15. The minimum atomic E-state index is -0.256. The summed E-state index contributed by atoms with van der Waals surface area (Å²) in [5.41, 5.74) is 3.31. The Hall–Kier alpha value is -2.37. The molecule has 164 valence electrons. The zero-order chi connectivity index (χ0) is 22.1. The molecule has 0 aromatic heterocycles. The summed E-state index contributed by atoms with van der Waals surface area (Å²) in [6, 6.07) is 21.2. The number of rotatable bonds is 11. The third kappa shape index (κ3) is 6.81. The SMILES string of the molecule is CCCC(NCc1cc(Br)c(OCc2ccc(F)cc2)c(OCC)c1)c1ccccc1. The van der Waals surface area contributed by atoms with Gasteiger partial charge in [-0.15, -0.1) is 0 Å². The summed E-state index contributed by atoms with van der Waals surface area (Å²) in [6.45, 7) is 5.75. The minimum Gasteiger partial charge on any atom is -0.490 e. The molecule has 0 radical (unpaired) electrons. The molecule has 5 heteroatoms. The lowest BCUT2D eigenvalue weighted by molar-refractivity contribution is 0.267. The molecule has 3 aromatic rings. The monoisotopic (exact) mass is 485 g/mol. The molecule has 0 aliphatic rings. The van der Waals surface area contributed by atoms with Gasteiger partial charge in [-0.3, -0.25) is 0 Å². The van der Waals surface area contributed by atoms with Gasteiger partial charge < -0.3 is 14.8 Å². The Kier molecular flexibility index (Phi) is 8.92. The second kappa shape index (κ2) is 11.9. The van der Waals surface area contributed by atoms with Crippen LogP contribution in [0, 0.1) is 5.82 Å². The second-order valence-electron chi connectivity index (χ2n) is 7.39. The van der Waals surface area contributed by atoms with Gasteiger partial charge in [-0.1, -0.05) is 55.8 Å². The van der Waals surface area contributed by atoms with E-state index < -0.39 is 0 Å². The van der Waals surface area contributed by atoms with Gasteiger partial charge in [-0.05, 0) is 70.2 Å². The molecule has 0 aliphatic carbocycles. The molecule has 0 saturated heterocycles. The summed E-state index contributed by atoms with van der Waals surface area (Å²) < 4.78 is 25.9. The van der Waals surface area contributed by atoms with Crippen LogP contribution in [0.4, 0.5) is 4.39 Å². The zero-order valence-electron chi connectivity index (χ0n) is 18.0. The van der Waals surface area contributed by atoms with Crippen LogP contribution < -0.4 is 14.8 Å². The third-order valence-electron chi connectivity index (χ3n) is 5.00. The maximum Gasteiger partial charge on any atom is 0.175 e. The van der Waals surface area contributed by atoms with E-state index in [1.165, 1.54) is 17.7 Å². The largest absolute Gasteiger partial charge is 0.490 e. The van der Waals surface area contributed by atoms with Gasteiger partial charge in [0.1, 0.15) is 12.4 Å². The first-order valence-corrected chi connectivity index (χ1v) is 11.5. The van der Waals surface area contributed by atoms with Crippen LogP contribution in [0.3, 0.4) is 0 Å². The Labute approximate surface area is 192 Å². The Morgan fingerprint density at radius 2 is 1.68 bits per heavy atom. The van der Waals surface area contributed by atoms with E-state index in [9.17, 15) is 4.39 Å². The van der Waals surface area contributed by atoms with Crippen LogP contribution in [0.15, 0.2) is 71.2 Å². The van der Waals surface area contributed by atoms with E-state index in [0.29, 0.717) is 30.8 Å². The van der Waals surface area contributed by atoms with Crippen LogP contribution in [0.2, 0.25) is 0 Å². The van der Waals surface area contributed by atoms with E-state index >= 15 is 0 Å². The molecule has 31 heavy (non-hydrogen) atoms. The van der Waals surface area contributed by atoms with Gasteiger partial charge in [0.25, 0.3) is 0 Å². The molecule has 3 nitrogen and oxygen atoms in total. The van der Waals surface area contributed by atoms with Gasteiger partial charge in [0.2, 0.25) is 0 Å². The van der Waals surface area contributed by atoms with Crippen LogP contribution >= 0.6 is 15.9 Å². The summed E-state index contributed by atoms with van der Waals surface area (Å²) in [5.74, 6) is 1.10. The summed E-state index contributed by atoms with van der Waals surface area (Å²) in [4.78, 5) is 0. The molecule has 1 unspecified atom stereocenters. The van der Waals surface area contributed by atoms with Gasteiger partial charge in [-0.2, -0.15) is 0 Å². The Morgan fingerprint density at radius 1 is 0.935 bits per heavy atom. The maximum atomic E-state index is 13.1. The molecular formula is C26H29BrFNO2. The molecule has 0 amide bonds. The van der Waals surface area contributed by atoms with Crippen LogP contribution in [0.25, 0.3) is 0 Å². The third-order valence-corrected chi connectivity index (χ3v) is 5.59. The number of hydrogen-bond acceptors (Lipinski definition) is 3. The van der Waals surface area contributed by atoms with Gasteiger partial charge in [0.15, 0.2) is 11.5 Å². The van der Waals surface area contributed by atoms with Crippen molar-refractivity contribution < 1.29 is 13.9 Å². The Balaban J connectivity index is 1.73. The minimum absolute atomic E-state index is 0.256. The van der Waals surface area contributed by atoms with Gasteiger partial charge in [0.05, 0.1) is 11.1 Å². The molecule has 1 N–H and O–H groups in total. The van der Waals surface area contributed by atoms with Crippen LogP contribution in [0.1, 0.15) is 49.4 Å². The second-order valence-corrected chi connectivity index (χ2v) is 8.24. The molecule has 3 rings (SSSR count). The smallest absolute Gasteiger partial charge is 0.175 e. The zero-order valence-corrected chi connectivity index (χ0v) is 19.6. The number of halogens is 2. The van der Waals surface area contributed by atoms with Crippen molar-refractivity contribution in [2.24, 2.45) is 0 Å². The molecule has 0 spiro atoms. The fourth-order valence-electron chi connectivity index (χ4n) is 3.46. The van der Waals surface area contributed by atoms with Gasteiger partial charge in [0, 0.05) is 12.6 Å². The average molecular weight is 486 g/mol. The normalized spacial score (nSPS) is 11.9. The van der Waals surface area contributed by atoms with Crippen LogP contribution in [-0.4, -0.2) is 6.61 Å². The molecule has 1 atom stereocenters. The standard InChI is InChI=1S/C26H29BrFNO2/c1-3-8-24(21-9-6-5-7-10-21)29-17-20-15-23(27)26(25(16-20)30-4-2)31-18-19-11-13-22(28)14-12-19/h5-7,9-16,24,29H,3-4,8,17-18H2,1-2H3. The number of hydrogen-bond donors (Lipinski definition) is 1. The number of nitrogens with one attached hydrogen (secondary N) is 1. The Morgan fingerprint density at radius 3 is 2.35 bits per heavy atom. The van der Waals surface area contributed by atoms with Crippen molar-refractivity contribution >= 4 is 15.9 Å². The predicted molar refractivity (Wildman–Crippen MR) is 127 cm³/mol. The molecular weight excluding hydrogens is 457 g/mol.